The van der Waals surface area contributed by atoms with Crippen LogP contribution in [0.2, 0.25) is 0 Å². The second-order valence-corrected chi connectivity index (χ2v) is 6.27. The molecule has 5 nitrogen and oxygen atoms in total. The summed E-state index contributed by atoms with van der Waals surface area (Å²) in [5.41, 5.74) is 7.20. The number of amides is 1. The van der Waals surface area contributed by atoms with Crippen LogP contribution in [0.5, 0.6) is 5.75 Å². The van der Waals surface area contributed by atoms with Crippen LogP contribution in [-0.4, -0.2) is 11.0 Å². The van der Waals surface area contributed by atoms with Crippen molar-refractivity contribution in [1.82, 2.24) is 0 Å². The third kappa shape index (κ3) is 5.65. The molecule has 0 unspecified atom stereocenters. The number of nitrogens with two attached hydrogens (primary N) is 1. The van der Waals surface area contributed by atoms with Gasteiger partial charge in [-0.15, -0.1) is 0 Å². The smallest absolute Gasteiger partial charge is 0.224 e. The fraction of sp³-hybridized carbons (Fsp3) is 0.350. The van der Waals surface area contributed by atoms with Gasteiger partial charge in [-0.05, 0) is 36.2 Å². The zero-order chi connectivity index (χ0) is 18.9. The summed E-state index contributed by atoms with van der Waals surface area (Å²) in [6.07, 6.45) is 4.44. The van der Waals surface area contributed by atoms with Gasteiger partial charge >= 0.3 is 0 Å². The van der Waals surface area contributed by atoms with Crippen LogP contribution in [0.25, 0.3) is 0 Å². The zero-order valence-corrected chi connectivity index (χ0v) is 15.0. The fourth-order valence-corrected chi connectivity index (χ4v) is 2.57. The number of carbonyl (C=O) groups is 1. The van der Waals surface area contributed by atoms with Crippen molar-refractivity contribution in [2.45, 2.75) is 45.6 Å². The predicted molar refractivity (Wildman–Crippen MR) is 104 cm³/mol. The molecule has 0 spiro atoms. The summed E-state index contributed by atoms with van der Waals surface area (Å²) in [4.78, 5) is 11.9. The number of phenols is 1. The molecule has 2 aromatic rings. The Labute approximate surface area is 153 Å². The number of nitrogen functional groups attached to an aromatic ring is 1. The van der Waals surface area contributed by atoms with E-state index in [1.807, 2.05) is 0 Å². The van der Waals surface area contributed by atoms with Crippen LogP contribution >= 0.6 is 0 Å². The SMILES string of the molecule is CCCCCCC(=O)Nc1ccc(NCc2ccc(O)cc2)c(F)c1N. The van der Waals surface area contributed by atoms with Crippen LogP contribution in [0.15, 0.2) is 36.4 Å². The first-order valence-corrected chi connectivity index (χ1v) is 8.91. The molecule has 2 rings (SSSR count). The number of unbranched alkanes of at least 4 members (excludes halogenated alkanes) is 3. The van der Waals surface area contributed by atoms with E-state index in [2.05, 4.69) is 17.6 Å². The molecule has 1 amide bonds. The Kier molecular flexibility index (Phi) is 7.26. The summed E-state index contributed by atoms with van der Waals surface area (Å²) in [6.45, 7) is 2.50. The second-order valence-electron chi connectivity index (χ2n) is 6.27. The largest absolute Gasteiger partial charge is 0.508 e. The summed E-state index contributed by atoms with van der Waals surface area (Å²) >= 11 is 0. The molecule has 0 fully saturated rings. The third-order valence-electron chi connectivity index (χ3n) is 4.13. The number of rotatable bonds is 9. The second kappa shape index (κ2) is 9.65. The van der Waals surface area contributed by atoms with Crippen molar-refractivity contribution in [2.75, 3.05) is 16.4 Å². The van der Waals surface area contributed by atoms with Gasteiger partial charge in [0.1, 0.15) is 5.75 Å². The Morgan fingerprint density at radius 1 is 1.08 bits per heavy atom. The van der Waals surface area contributed by atoms with Crippen molar-refractivity contribution < 1.29 is 14.3 Å². The van der Waals surface area contributed by atoms with E-state index in [4.69, 9.17) is 5.73 Å². The third-order valence-corrected chi connectivity index (χ3v) is 4.13. The number of benzene rings is 2. The summed E-state index contributed by atoms with van der Waals surface area (Å²) in [5, 5.41) is 14.9. The topological polar surface area (TPSA) is 87.4 Å². The number of hydrogen-bond acceptors (Lipinski definition) is 4. The van der Waals surface area contributed by atoms with Gasteiger partial charge < -0.3 is 21.5 Å². The Morgan fingerprint density at radius 3 is 2.46 bits per heavy atom. The van der Waals surface area contributed by atoms with E-state index in [1.165, 1.54) is 0 Å². The number of carbonyl (C=O) groups excluding carboxylic acids is 1. The minimum atomic E-state index is -0.590. The molecule has 0 aliphatic carbocycles. The highest BCUT2D eigenvalue weighted by Gasteiger charge is 2.12. The van der Waals surface area contributed by atoms with E-state index in [0.29, 0.717) is 13.0 Å². The minimum Gasteiger partial charge on any atom is -0.508 e. The molecule has 0 radical (unpaired) electrons. The van der Waals surface area contributed by atoms with Gasteiger partial charge in [-0.25, -0.2) is 4.39 Å². The normalized spacial score (nSPS) is 10.5. The van der Waals surface area contributed by atoms with E-state index in [0.717, 1.165) is 31.2 Å². The molecule has 6 heteroatoms. The molecule has 0 heterocycles. The van der Waals surface area contributed by atoms with E-state index in [1.54, 1.807) is 36.4 Å². The van der Waals surface area contributed by atoms with Gasteiger partial charge in [0, 0.05) is 13.0 Å². The molecule has 2 aromatic carbocycles. The van der Waals surface area contributed by atoms with Crippen LogP contribution in [0.3, 0.4) is 0 Å². The fourth-order valence-electron chi connectivity index (χ4n) is 2.57. The summed E-state index contributed by atoms with van der Waals surface area (Å²) in [5.74, 6) is -0.566. The molecule has 140 valence electrons. The van der Waals surface area contributed by atoms with Crippen molar-refractivity contribution in [3.8, 4) is 5.75 Å². The average molecular weight is 359 g/mol. The lowest BCUT2D eigenvalue weighted by atomic mass is 10.1. The summed E-state index contributed by atoms with van der Waals surface area (Å²) in [6, 6.07) is 9.79. The van der Waals surface area contributed by atoms with Gasteiger partial charge in [-0.3, -0.25) is 4.79 Å². The summed E-state index contributed by atoms with van der Waals surface area (Å²) < 4.78 is 14.5. The predicted octanol–water partition coefficient (Wildman–Crippen LogP) is 4.63. The molecule has 0 aliphatic rings. The minimum absolute atomic E-state index is 0.0809. The van der Waals surface area contributed by atoms with Crippen LogP contribution in [0.1, 0.15) is 44.6 Å². The quantitative estimate of drug-likeness (QED) is 0.388. The number of halogens is 1. The van der Waals surface area contributed by atoms with Crippen LogP contribution in [0, 0.1) is 5.82 Å². The standard InChI is InChI=1S/C20H26FN3O2/c1-2-3-4-5-6-18(26)24-17-12-11-16(19(21)20(17)22)23-13-14-7-9-15(25)10-8-14/h7-12,23,25H,2-6,13,22H2,1H3,(H,24,26). The summed E-state index contributed by atoms with van der Waals surface area (Å²) in [7, 11) is 0. The Morgan fingerprint density at radius 2 is 1.77 bits per heavy atom. The zero-order valence-electron chi connectivity index (χ0n) is 15.0. The molecule has 5 N–H and O–H groups in total. The molecule has 26 heavy (non-hydrogen) atoms. The lowest BCUT2D eigenvalue weighted by Gasteiger charge is -2.13. The van der Waals surface area contributed by atoms with Gasteiger partial charge in [0.15, 0.2) is 5.82 Å². The maximum Gasteiger partial charge on any atom is 0.224 e. The maximum atomic E-state index is 14.5. The number of nitrogens with one attached hydrogen (secondary N) is 2. The van der Waals surface area contributed by atoms with Gasteiger partial charge in [0.2, 0.25) is 5.91 Å². The number of anilines is 3. The number of phenolic OH excluding ortho intramolecular Hbond substituents is 1. The van der Waals surface area contributed by atoms with E-state index >= 15 is 0 Å². The lowest BCUT2D eigenvalue weighted by Crippen LogP contribution is -2.14. The van der Waals surface area contributed by atoms with Crippen LogP contribution < -0.4 is 16.4 Å². The Balaban J connectivity index is 1.94. The molecule has 0 aliphatic heterocycles. The Bertz CT molecular complexity index is 733. The number of aromatic hydroxyl groups is 1. The molecule has 0 saturated carbocycles. The highest BCUT2D eigenvalue weighted by molar-refractivity contribution is 5.94. The van der Waals surface area contributed by atoms with Gasteiger partial charge in [-0.2, -0.15) is 0 Å². The van der Waals surface area contributed by atoms with Crippen molar-refractivity contribution >= 4 is 23.0 Å². The highest BCUT2D eigenvalue weighted by Crippen LogP contribution is 2.28. The average Bonchev–Trinajstić information content (AvgIpc) is 2.63. The molecule has 0 aromatic heterocycles. The van der Waals surface area contributed by atoms with E-state index in [-0.39, 0.29) is 28.7 Å². The number of hydrogen-bond donors (Lipinski definition) is 4. The van der Waals surface area contributed by atoms with Gasteiger partial charge in [0.05, 0.1) is 17.1 Å². The van der Waals surface area contributed by atoms with Crippen molar-refractivity contribution in [3.63, 3.8) is 0 Å². The van der Waals surface area contributed by atoms with Crippen LogP contribution in [0.4, 0.5) is 21.5 Å². The molecule has 0 atom stereocenters. The Hall–Kier alpha value is -2.76. The first-order valence-electron chi connectivity index (χ1n) is 8.91. The van der Waals surface area contributed by atoms with Gasteiger partial charge in [0.25, 0.3) is 0 Å². The van der Waals surface area contributed by atoms with Crippen molar-refractivity contribution in [3.05, 3.63) is 47.8 Å². The molecular formula is C20H26FN3O2. The van der Waals surface area contributed by atoms with Crippen molar-refractivity contribution in [1.29, 1.82) is 0 Å². The molecule has 0 saturated heterocycles. The van der Waals surface area contributed by atoms with E-state index in [9.17, 15) is 14.3 Å². The molecular weight excluding hydrogens is 333 g/mol. The molecule has 0 bridgehead atoms. The van der Waals surface area contributed by atoms with Crippen LogP contribution in [-0.2, 0) is 11.3 Å². The maximum absolute atomic E-state index is 14.5. The first kappa shape index (κ1) is 19.6. The van der Waals surface area contributed by atoms with Gasteiger partial charge in [-0.1, -0.05) is 38.3 Å². The monoisotopic (exact) mass is 359 g/mol. The first-order chi connectivity index (χ1) is 12.5. The van der Waals surface area contributed by atoms with E-state index < -0.39 is 5.82 Å². The lowest BCUT2D eigenvalue weighted by molar-refractivity contribution is -0.116. The highest BCUT2D eigenvalue weighted by atomic mass is 19.1. The van der Waals surface area contributed by atoms with Crippen molar-refractivity contribution in [2.24, 2.45) is 0 Å².